The van der Waals surface area contributed by atoms with Gasteiger partial charge in [-0.1, -0.05) is 88.4 Å². The highest BCUT2D eigenvalue weighted by atomic mass is 16.5. The molecule has 0 saturated heterocycles. The zero-order chi connectivity index (χ0) is 16.5. The van der Waals surface area contributed by atoms with Gasteiger partial charge in [-0.3, -0.25) is 0 Å². The van der Waals surface area contributed by atoms with Crippen LogP contribution in [0.25, 0.3) is 0 Å². The van der Waals surface area contributed by atoms with E-state index in [9.17, 15) is 0 Å². The van der Waals surface area contributed by atoms with Crippen LogP contribution in [0.5, 0.6) is 0 Å². The summed E-state index contributed by atoms with van der Waals surface area (Å²) in [7, 11) is 0. The average molecular weight is 302 g/mol. The summed E-state index contributed by atoms with van der Waals surface area (Å²) >= 11 is 0. The number of benzene rings is 2. The third-order valence-corrected chi connectivity index (χ3v) is 2.60. The summed E-state index contributed by atoms with van der Waals surface area (Å²) in [5.74, 6) is 0. The molecule has 0 amide bonds. The van der Waals surface area contributed by atoms with Crippen LogP contribution < -0.4 is 0 Å². The van der Waals surface area contributed by atoms with Gasteiger partial charge in [-0.05, 0) is 11.1 Å². The Labute approximate surface area is 136 Å². The maximum atomic E-state index is 5.53. The van der Waals surface area contributed by atoms with Gasteiger partial charge in [0, 0.05) is 0 Å². The monoisotopic (exact) mass is 302 g/mol. The van der Waals surface area contributed by atoms with Crippen LogP contribution in [-0.4, -0.2) is 13.2 Å². The quantitative estimate of drug-likeness (QED) is 0.631. The first kappa shape index (κ1) is 20.4. The average Bonchev–Trinajstić information content (AvgIpc) is 2.63. The summed E-state index contributed by atoms with van der Waals surface area (Å²) in [6.07, 6.45) is 0. The maximum Gasteiger partial charge on any atom is 0.0718 e. The molecular weight excluding hydrogens is 272 g/mol. The number of hydrogen-bond acceptors (Lipinski definition) is 2. The van der Waals surface area contributed by atoms with Gasteiger partial charge in [0.2, 0.25) is 0 Å². The molecule has 2 heteroatoms. The summed E-state index contributed by atoms with van der Waals surface area (Å²) in [6.45, 7) is 10.6. The molecule has 2 rings (SSSR count). The lowest BCUT2D eigenvalue weighted by Crippen LogP contribution is -2.04. The second-order valence-corrected chi connectivity index (χ2v) is 4.08. The molecule has 2 aromatic carbocycles. The molecule has 0 aromatic heterocycles. The zero-order valence-electron chi connectivity index (χ0n) is 14.4. The summed E-state index contributed by atoms with van der Waals surface area (Å²) in [4.78, 5) is 0. The zero-order valence-corrected chi connectivity index (χ0v) is 14.4. The molecule has 0 unspecified atom stereocenters. The second-order valence-electron chi connectivity index (χ2n) is 4.08. The summed E-state index contributed by atoms with van der Waals surface area (Å²) in [5.41, 5.74) is 2.39. The van der Waals surface area contributed by atoms with Crippen LogP contribution in [0, 0.1) is 0 Å². The molecule has 0 spiro atoms. The van der Waals surface area contributed by atoms with Crippen LogP contribution >= 0.6 is 0 Å². The topological polar surface area (TPSA) is 18.5 Å². The molecule has 22 heavy (non-hydrogen) atoms. The fourth-order valence-corrected chi connectivity index (χ4v) is 1.65. The van der Waals surface area contributed by atoms with E-state index >= 15 is 0 Å². The van der Waals surface area contributed by atoms with Crippen molar-refractivity contribution in [2.24, 2.45) is 0 Å². The standard InChI is InChI=1S/C16H18O2.2C2H6/c1-3-7-15(8-4-1)13-17-11-12-18-14-16-9-5-2-6-10-16;2*1-2/h1-10H,11-14H2;2*1-2H3. The predicted octanol–water partition coefficient (Wildman–Crippen LogP) is 5.47. The van der Waals surface area contributed by atoms with E-state index in [1.165, 1.54) is 11.1 Å². The van der Waals surface area contributed by atoms with Gasteiger partial charge in [-0.25, -0.2) is 0 Å². The van der Waals surface area contributed by atoms with E-state index in [1.807, 2.05) is 64.1 Å². The van der Waals surface area contributed by atoms with Gasteiger partial charge < -0.3 is 9.47 Å². The van der Waals surface area contributed by atoms with E-state index in [0.29, 0.717) is 26.4 Å². The summed E-state index contributed by atoms with van der Waals surface area (Å²) in [6, 6.07) is 20.3. The molecule has 0 fully saturated rings. The molecule has 0 heterocycles. The molecule has 0 saturated carbocycles. The Balaban J connectivity index is 0.00000102. The first-order valence-electron chi connectivity index (χ1n) is 8.18. The highest BCUT2D eigenvalue weighted by Gasteiger charge is 1.93. The molecule has 0 atom stereocenters. The van der Waals surface area contributed by atoms with Crippen LogP contribution in [-0.2, 0) is 22.7 Å². The highest BCUT2D eigenvalue weighted by Crippen LogP contribution is 2.02. The third-order valence-electron chi connectivity index (χ3n) is 2.60. The van der Waals surface area contributed by atoms with Crippen LogP contribution in [0.15, 0.2) is 60.7 Å². The van der Waals surface area contributed by atoms with Crippen LogP contribution in [0.4, 0.5) is 0 Å². The lowest BCUT2D eigenvalue weighted by atomic mass is 10.2. The summed E-state index contributed by atoms with van der Waals surface area (Å²) in [5, 5.41) is 0. The van der Waals surface area contributed by atoms with Crippen molar-refractivity contribution in [2.45, 2.75) is 40.9 Å². The van der Waals surface area contributed by atoms with E-state index in [0.717, 1.165) is 0 Å². The van der Waals surface area contributed by atoms with Gasteiger partial charge in [-0.2, -0.15) is 0 Å². The van der Waals surface area contributed by atoms with Crippen LogP contribution in [0.3, 0.4) is 0 Å². The van der Waals surface area contributed by atoms with Gasteiger partial charge in [0.05, 0.1) is 26.4 Å². The van der Waals surface area contributed by atoms with E-state index in [-0.39, 0.29) is 0 Å². The van der Waals surface area contributed by atoms with E-state index < -0.39 is 0 Å². The third kappa shape index (κ3) is 10.1. The van der Waals surface area contributed by atoms with Gasteiger partial charge >= 0.3 is 0 Å². The molecular formula is C20H30O2. The largest absolute Gasteiger partial charge is 0.374 e. The van der Waals surface area contributed by atoms with Crippen molar-refractivity contribution < 1.29 is 9.47 Å². The molecule has 122 valence electrons. The van der Waals surface area contributed by atoms with Crippen molar-refractivity contribution in [3.63, 3.8) is 0 Å². The molecule has 2 aromatic rings. The Kier molecular flexibility index (Phi) is 14.6. The minimum atomic E-state index is 0.627. The lowest BCUT2D eigenvalue weighted by molar-refractivity contribution is 0.0339. The normalized spacial score (nSPS) is 9.09. The molecule has 0 N–H and O–H groups in total. The van der Waals surface area contributed by atoms with Gasteiger partial charge in [0.25, 0.3) is 0 Å². The Hall–Kier alpha value is -1.64. The minimum absolute atomic E-state index is 0.627. The van der Waals surface area contributed by atoms with Crippen molar-refractivity contribution in [2.75, 3.05) is 13.2 Å². The fourth-order valence-electron chi connectivity index (χ4n) is 1.65. The SMILES string of the molecule is CC.CC.c1ccc(COCCOCc2ccccc2)cc1. The molecule has 0 radical (unpaired) electrons. The molecule has 0 aliphatic heterocycles. The fraction of sp³-hybridized carbons (Fsp3) is 0.400. The van der Waals surface area contributed by atoms with Crippen molar-refractivity contribution in [3.8, 4) is 0 Å². The molecule has 2 nitrogen and oxygen atoms in total. The van der Waals surface area contributed by atoms with Crippen molar-refractivity contribution in [1.82, 2.24) is 0 Å². The van der Waals surface area contributed by atoms with Crippen LogP contribution in [0.1, 0.15) is 38.8 Å². The first-order valence-corrected chi connectivity index (χ1v) is 8.18. The Morgan fingerprint density at radius 3 is 1.18 bits per heavy atom. The van der Waals surface area contributed by atoms with Crippen molar-refractivity contribution >= 4 is 0 Å². The molecule has 0 bridgehead atoms. The maximum absolute atomic E-state index is 5.53. The molecule has 0 aliphatic carbocycles. The second kappa shape index (κ2) is 15.7. The van der Waals surface area contributed by atoms with E-state index in [2.05, 4.69) is 24.3 Å². The van der Waals surface area contributed by atoms with Crippen molar-refractivity contribution in [3.05, 3.63) is 71.8 Å². The first-order chi connectivity index (χ1) is 10.9. The van der Waals surface area contributed by atoms with Crippen molar-refractivity contribution in [1.29, 1.82) is 0 Å². The van der Waals surface area contributed by atoms with Gasteiger partial charge in [-0.15, -0.1) is 0 Å². The smallest absolute Gasteiger partial charge is 0.0718 e. The number of hydrogen-bond donors (Lipinski definition) is 0. The lowest BCUT2D eigenvalue weighted by Gasteiger charge is -2.06. The van der Waals surface area contributed by atoms with Crippen LogP contribution in [0.2, 0.25) is 0 Å². The minimum Gasteiger partial charge on any atom is -0.374 e. The number of ether oxygens (including phenoxy) is 2. The Morgan fingerprint density at radius 1 is 0.545 bits per heavy atom. The summed E-state index contributed by atoms with van der Waals surface area (Å²) < 4.78 is 11.1. The van der Waals surface area contributed by atoms with E-state index in [4.69, 9.17) is 9.47 Å². The van der Waals surface area contributed by atoms with Gasteiger partial charge in [0.1, 0.15) is 0 Å². The number of rotatable bonds is 7. The van der Waals surface area contributed by atoms with E-state index in [1.54, 1.807) is 0 Å². The predicted molar refractivity (Wildman–Crippen MR) is 94.9 cm³/mol. The highest BCUT2D eigenvalue weighted by molar-refractivity contribution is 5.14. The Morgan fingerprint density at radius 2 is 0.864 bits per heavy atom. The van der Waals surface area contributed by atoms with Gasteiger partial charge in [0.15, 0.2) is 0 Å². The Bertz CT molecular complexity index is 382. The molecule has 0 aliphatic rings.